The molecule has 0 aliphatic heterocycles. The van der Waals surface area contributed by atoms with Crippen LogP contribution in [0, 0.1) is 11.8 Å². The highest BCUT2D eigenvalue weighted by Gasteiger charge is 2.20. The Morgan fingerprint density at radius 3 is 2.60 bits per heavy atom. The topological polar surface area (TPSA) is 32.6 Å². The second-order valence-corrected chi connectivity index (χ2v) is 3.38. The van der Waals surface area contributed by atoms with Crippen LogP contribution in [0.3, 0.4) is 0 Å². The lowest BCUT2D eigenvalue weighted by Crippen LogP contribution is -2.21. The fourth-order valence-electron chi connectivity index (χ4n) is 1.50. The van der Waals surface area contributed by atoms with Crippen LogP contribution in [0.4, 0.5) is 0 Å². The van der Waals surface area contributed by atoms with Crippen molar-refractivity contribution in [3.63, 3.8) is 0 Å². The van der Waals surface area contributed by atoms with Gasteiger partial charge in [0.15, 0.2) is 0 Å². The molecule has 58 valence electrons. The van der Waals surface area contributed by atoms with Crippen LogP contribution in [-0.4, -0.2) is 10.9 Å². The van der Waals surface area contributed by atoms with Gasteiger partial charge in [-0.05, 0) is 31.1 Å². The highest BCUT2D eigenvalue weighted by molar-refractivity contribution is 5.86. The Hall–Kier alpha value is -0.530. The molecule has 0 saturated heterocycles. The van der Waals surface area contributed by atoms with E-state index in [1.165, 1.54) is 12.8 Å². The first-order valence-corrected chi connectivity index (χ1v) is 3.95. The Bertz CT molecular complexity index is 142. The van der Waals surface area contributed by atoms with Crippen molar-refractivity contribution in [3.8, 4) is 0 Å². The smallest absolute Gasteiger partial charge is 0.0601 e. The number of hydrogen-bond donors (Lipinski definition) is 1. The van der Waals surface area contributed by atoms with Gasteiger partial charge in [0.1, 0.15) is 0 Å². The Morgan fingerprint density at radius 2 is 2.10 bits per heavy atom. The summed E-state index contributed by atoms with van der Waals surface area (Å²) in [5.41, 5.74) is 0.985. The number of oxime groups is 1. The summed E-state index contributed by atoms with van der Waals surface area (Å²) in [6.07, 6.45) is 3.44. The third-order valence-electron chi connectivity index (χ3n) is 2.35. The molecule has 0 aromatic heterocycles. The van der Waals surface area contributed by atoms with Crippen molar-refractivity contribution >= 4 is 5.71 Å². The molecule has 1 aliphatic carbocycles. The molecule has 1 fully saturated rings. The molecule has 1 aliphatic rings. The second-order valence-electron chi connectivity index (χ2n) is 3.38. The molecular formula is C8H15NO. The third kappa shape index (κ3) is 1.49. The first-order valence-electron chi connectivity index (χ1n) is 3.95. The van der Waals surface area contributed by atoms with Crippen LogP contribution in [0.15, 0.2) is 5.16 Å². The first-order chi connectivity index (χ1) is 4.74. The lowest BCUT2D eigenvalue weighted by atomic mass is 9.82. The van der Waals surface area contributed by atoms with Crippen LogP contribution >= 0.6 is 0 Å². The van der Waals surface area contributed by atoms with E-state index in [4.69, 9.17) is 5.21 Å². The average Bonchev–Trinajstić information content (AvgIpc) is 1.94. The van der Waals surface area contributed by atoms with Crippen molar-refractivity contribution in [2.24, 2.45) is 17.0 Å². The maximum atomic E-state index is 8.57. The predicted octanol–water partition coefficient (Wildman–Crippen LogP) is 2.27. The molecule has 1 saturated carbocycles. The Balaban J connectivity index is 2.54. The van der Waals surface area contributed by atoms with Crippen molar-refractivity contribution in [3.05, 3.63) is 0 Å². The van der Waals surface area contributed by atoms with E-state index in [0.29, 0.717) is 11.8 Å². The molecule has 0 amide bonds. The molecule has 0 bridgehead atoms. The fourth-order valence-corrected chi connectivity index (χ4v) is 1.50. The molecule has 0 heterocycles. The van der Waals surface area contributed by atoms with Crippen molar-refractivity contribution < 1.29 is 5.21 Å². The largest absolute Gasteiger partial charge is 0.411 e. The zero-order valence-corrected chi connectivity index (χ0v) is 6.67. The summed E-state index contributed by atoms with van der Waals surface area (Å²) >= 11 is 0. The van der Waals surface area contributed by atoms with Gasteiger partial charge < -0.3 is 5.21 Å². The van der Waals surface area contributed by atoms with Gasteiger partial charge in [-0.25, -0.2) is 0 Å². The van der Waals surface area contributed by atoms with Gasteiger partial charge >= 0.3 is 0 Å². The van der Waals surface area contributed by atoms with E-state index in [-0.39, 0.29) is 0 Å². The molecule has 2 nitrogen and oxygen atoms in total. The summed E-state index contributed by atoms with van der Waals surface area (Å²) in [7, 11) is 0. The molecular weight excluding hydrogens is 126 g/mol. The zero-order chi connectivity index (χ0) is 7.56. The third-order valence-corrected chi connectivity index (χ3v) is 2.35. The summed E-state index contributed by atoms with van der Waals surface area (Å²) in [5.74, 6) is 1.21. The van der Waals surface area contributed by atoms with Crippen molar-refractivity contribution in [2.45, 2.75) is 33.1 Å². The van der Waals surface area contributed by atoms with Crippen LogP contribution < -0.4 is 0 Å². The Kier molecular flexibility index (Phi) is 2.30. The maximum Gasteiger partial charge on any atom is 0.0601 e. The molecule has 10 heavy (non-hydrogen) atoms. The number of nitrogens with zero attached hydrogens (tertiary/aromatic N) is 1. The summed E-state index contributed by atoms with van der Waals surface area (Å²) in [6, 6.07) is 0. The van der Waals surface area contributed by atoms with E-state index in [9.17, 15) is 0 Å². The van der Waals surface area contributed by atoms with E-state index in [2.05, 4.69) is 19.0 Å². The molecule has 0 spiro atoms. The highest BCUT2D eigenvalue weighted by Crippen LogP contribution is 2.25. The van der Waals surface area contributed by atoms with Gasteiger partial charge in [-0.3, -0.25) is 0 Å². The van der Waals surface area contributed by atoms with Gasteiger partial charge in [0.2, 0.25) is 0 Å². The van der Waals surface area contributed by atoms with E-state index in [1.807, 2.05) is 0 Å². The molecule has 0 aromatic carbocycles. The summed E-state index contributed by atoms with van der Waals surface area (Å²) in [4.78, 5) is 0. The van der Waals surface area contributed by atoms with Gasteiger partial charge in [0, 0.05) is 0 Å². The molecule has 0 aromatic rings. The van der Waals surface area contributed by atoms with Crippen molar-refractivity contribution in [2.75, 3.05) is 0 Å². The summed E-state index contributed by atoms with van der Waals surface area (Å²) in [5, 5.41) is 11.9. The van der Waals surface area contributed by atoms with Crippen molar-refractivity contribution in [1.82, 2.24) is 0 Å². The lowest BCUT2D eigenvalue weighted by molar-refractivity contribution is 0.305. The van der Waals surface area contributed by atoms with E-state index >= 15 is 0 Å². The van der Waals surface area contributed by atoms with Crippen LogP contribution in [0.25, 0.3) is 0 Å². The first kappa shape index (κ1) is 7.58. The molecule has 2 heteroatoms. The van der Waals surface area contributed by atoms with Gasteiger partial charge in [-0.2, -0.15) is 0 Å². The SMILES string of the molecule is CC1CCC(C)/C(=N/O)C1. The summed E-state index contributed by atoms with van der Waals surface area (Å²) < 4.78 is 0. The minimum atomic E-state index is 0.501. The lowest BCUT2D eigenvalue weighted by Gasteiger charge is -2.23. The summed E-state index contributed by atoms with van der Waals surface area (Å²) in [6.45, 7) is 4.33. The average molecular weight is 141 g/mol. The second kappa shape index (κ2) is 3.04. The van der Waals surface area contributed by atoms with E-state index < -0.39 is 0 Å². The molecule has 2 unspecified atom stereocenters. The molecule has 2 atom stereocenters. The molecule has 1 rings (SSSR count). The standard InChI is InChI=1S/C8H15NO/c1-6-3-4-7(2)8(5-6)9-10/h6-7,10H,3-5H2,1-2H3/b9-8+. The van der Waals surface area contributed by atoms with Crippen molar-refractivity contribution in [1.29, 1.82) is 0 Å². The Morgan fingerprint density at radius 1 is 1.40 bits per heavy atom. The van der Waals surface area contributed by atoms with Crippen LogP contribution in [0.1, 0.15) is 33.1 Å². The Labute approximate surface area is 61.9 Å². The highest BCUT2D eigenvalue weighted by atomic mass is 16.4. The quantitative estimate of drug-likeness (QED) is 0.407. The van der Waals surface area contributed by atoms with Crippen LogP contribution in [-0.2, 0) is 0 Å². The zero-order valence-electron chi connectivity index (χ0n) is 6.67. The minimum Gasteiger partial charge on any atom is -0.411 e. The monoisotopic (exact) mass is 141 g/mol. The fraction of sp³-hybridized carbons (Fsp3) is 0.875. The predicted molar refractivity (Wildman–Crippen MR) is 41.4 cm³/mol. The minimum absolute atomic E-state index is 0.501. The van der Waals surface area contributed by atoms with E-state index in [1.54, 1.807) is 0 Å². The molecule has 0 radical (unpaired) electrons. The number of hydrogen-bond acceptors (Lipinski definition) is 2. The number of rotatable bonds is 0. The van der Waals surface area contributed by atoms with Gasteiger partial charge in [0.05, 0.1) is 5.71 Å². The van der Waals surface area contributed by atoms with Crippen LogP contribution in [0.2, 0.25) is 0 Å². The van der Waals surface area contributed by atoms with Gasteiger partial charge in [0.25, 0.3) is 0 Å². The normalized spacial score (nSPS) is 38.4. The van der Waals surface area contributed by atoms with E-state index in [0.717, 1.165) is 12.1 Å². The maximum absolute atomic E-state index is 8.57. The molecule has 1 N–H and O–H groups in total. The van der Waals surface area contributed by atoms with Gasteiger partial charge in [-0.1, -0.05) is 19.0 Å². The van der Waals surface area contributed by atoms with Gasteiger partial charge in [-0.15, -0.1) is 0 Å². The van der Waals surface area contributed by atoms with Crippen LogP contribution in [0.5, 0.6) is 0 Å².